The molecule has 1 aromatic carbocycles. The smallest absolute Gasteiger partial charge is 0.319 e. The molecule has 2 amide bonds. The number of carbonyl (C=O) groups is 2. The number of halogens is 1. The largest absolute Gasteiger partial charge is 0.481 e. The number of hydrogen-bond donors (Lipinski definition) is 3. The summed E-state index contributed by atoms with van der Waals surface area (Å²) in [6.45, 7) is 5.43. The fourth-order valence-corrected chi connectivity index (χ4v) is 2.29. The van der Waals surface area contributed by atoms with Crippen molar-refractivity contribution in [1.82, 2.24) is 5.32 Å². The SMILES string of the molecule is Cc1cc(Br)cc(C)c1NC(=O)NCC(C)C(=O)O. The van der Waals surface area contributed by atoms with E-state index in [-0.39, 0.29) is 6.54 Å². The lowest BCUT2D eigenvalue weighted by Gasteiger charge is -2.14. The predicted octanol–water partition coefficient (Wildman–Crippen LogP) is 2.91. The summed E-state index contributed by atoms with van der Waals surface area (Å²) < 4.78 is 0.952. The molecule has 0 radical (unpaired) electrons. The van der Waals surface area contributed by atoms with Crippen LogP contribution in [0.3, 0.4) is 0 Å². The zero-order chi connectivity index (χ0) is 14.6. The fraction of sp³-hybridized carbons (Fsp3) is 0.385. The van der Waals surface area contributed by atoms with Crippen LogP contribution in [0.2, 0.25) is 0 Å². The standard InChI is InChI=1S/C13H17BrN2O3/c1-7-4-10(14)5-8(2)11(7)16-13(19)15-6-9(3)12(17)18/h4-5,9H,6H2,1-3H3,(H,17,18)(H2,15,16,19). The fourth-order valence-electron chi connectivity index (χ4n) is 1.60. The number of nitrogens with one attached hydrogen (secondary N) is 2. The van der Waals surface area contributed by atoms with Gasteiger partial charge in [-0.2, -0.15) is 0 Å². The molecule has 0 fully saturated rings. The number of hydrogen-bond acceptors (Lipinski definition) is 2. The Bertz CT molecular complexity index is 480. The van der Waals surface area contributed by atoms with Gasteiger partial charge in [0.15, 0.2) is 0 Å². The number of benzene rings is 1. The van der Waals surface area contributed by atoms with E-state index in [0.29, 0.717) is 0 Å². The minimum Gasteiger partial charge on any atom is -0.481 e. The summed E-state index contributed by atoms with van der Waals surface area (Å²) >= 11 is 3.39. The van der Waals surface area contributed by atoms with E-state index < -0.39 is 17.9 Å². The monoisotopic (exact) mass is 328 g/mol. The first kappa shape index (κ1) is 15.5. The van der Waals surface area contributed by atoms with Crippen LogP contribution in [-0.2, 0) is 4.79 Å². The number of aliphatic carboxylic acids is 1. The second kappa shape index (κ2) is 6.56. The molecule has 0 aliphatic rings. The van der Waals surface area contributed by atoms with Crippen molar-refractivity contribution < 1.29 is 14.7 Å². The number of urea groups is 1. The Morgan fingerprint density at radius 2 is 1.84 bits per heavy atom. The Hall–Kier alpha value is -1.56. The van der Waals surface area contributed by atoms with Crippen LogP contribution in [0.1, 0.15) is 18.1 Å². The molecule has 0 aromatic heterocycles. The van der Waals surface area contributed by atoms with Gasteiger partial charge in [0, 0.05) is 16.7 Å². The van der Waals surface area contributed by atoms with Gasteiger partial charge in [0.2, 0.25) is 0 Å². The van der Waals surface area contributed by atoms with Crippen molar-refractivity contribution in [2.45, 2.75) is 20.8 Å². The molecule has 0 saturated heterocycles. The van der Waals surface area contributed by atoms with Gasteiger partial charge in [-0.05, 0) is 37.1 Å². The molecule has 6 heteroatoms. The Balaban J connectivity index is 2.65. The number of amides is 2. The molecule has 19 heavy (non-hydrogen) atoms. The van der Waals surface area contributed by atoms with Gasteiger partial charge < -0.3 is 15.7 Å². The maximum atomic E-state index is 11.7. The van der Waals surface area contributed by atoms with E-state index in [1.807, 2.05) is 26.0 Å². The van der Waals surface area contributed by atoms with Crippen LogP contribution in [0, 0.1) is 19.8 Å². The van der Waals surface area contributed by atoms with Crippen LogP contribution in [0.4, 0.5) is 10.5 Å². The van der Waals surface area contributed by atoms with Crippen LogP contribution >= 0.6 is 15.9 Å². The highest BCUT2D eigenvalue weighted by molar-refractivity contribution is 9.10. The molecule has 0 heterocycles. The summed E-state index contributed by atoms with van der Waals surface area (Å²) in [6, 6.07) is 3.41. The highest BCUT2D eigenvalue weighted by atomic mass is 79.9. The first-order chi connectivity index (χ1) is 8.81. The number of carboxylic acids is 1. The van der Waals surface area contributed by atoms with Gasteiger partial charge in [0.1, 0.15) is 0 Å². The number of anilines is 1. The van der Waals surface area contributed by atoms with Crippen LogP contribution in [0.5, 0.6) is 0 Å². The van der Waals surface area contributed by atoms with Crippen LogP contribution in [-0.4, -0.2) is 23.7 Å². The lowest BCUT2D eigenvalue weighted by molar-refractivity contribution is -0.140. The second-order valence-electron chi connectivity index (χ2n) is 4.49. The molecule has 1 atom stereocenters. The minimum absolute atomic E-state index is 0.0930. The quantitative estimate of drug-likeness (QED) is 0.795. The third-order valence-corrected chi connectivity index (χ3v) is 3.18. The Morgan fingerprint density at radius 1 is 1.32 bits per heavy atom. The molecular formula is C13H17BrN2O3. The van der Waals surface area contributed by atoms with Crippen molar-refractivity contribution in [3.63, 3.8) is 0 Å². The Morgan fingerprint density at radius 3 is 2.32 bits per heavy atom. The molecule has 0 saturated carbocycles. The molecule has 5 nitrogen and oxygen atoms in total. The van der Waals surface area contributed by atoms with E-state index in [9.17, 15) is 9.59 Å². The molecular weight excluding hydrogens is 312 g/mol. The van der Waals surface area contributed by atoms with Crippen molar-refractivity contribution in [2.24, 2.45) is 5.92 Å². The molecule has 0 spiro atoms. The van der Waals surface area contributed by atoms with Crippen LogP contribution in [0.25, 0.3) is 0 Å². The van der Waals surface area contributed by atoms with E-state index in [4.69, 9.17) is 5.11 Å². The minimum atomic E-state index is -0.934. The predicted molar refractivity (Wildman–Crippen MR) is 77.4 cm³/mol. The van der Waals surface area contributed by atoms with E-state index in [0.717, 1.165) is 21.3 Å². The third-order valence-electron chi connectivity index (χ3n) is 2.73. The second-order valence-corrected chi connectivity index (χ2v) is 5.40. The van der Waals surface area contributed by atoms with Gasteiger partial charge in [-0.15, -0.1) is 0 Å². The summed E-state index contributed by atoms with van der Waals surface area (Å²) in [7, 11) is 0. The third kappa shape index (κ3) is 4.55. The highest BCUT2D eigenvalue weighted by Crippen LogP contribution is 2.24. The van der Waals surface area contributed by atoms with Crippen molar-refractivity contribution in [1.29, 1.82) is 0 Å². The first-order valence-corrected chi connectivity index (χ1v) is 6.65. The summed E-state index contributed by atoms with van der Waals surface area (Å²) in [5.41, 5.74) is 2.62. The van der Waals surface area contributed by atoms with Gasteiger partial charge in [0.25, 0.3) is 0 Å². The molecule has 0 aliphatic carbocycles. The lowest BCUT2D eigenvalue weighted by Crippen LogP contribution is -2.35. The number of rotatable bonds is 4. The highest BCUT2D eigenvalue weighted by Gasteiger charge is 2.13. The molecule has 1 aromatic rings. The molecule has 3 N–H and O–H groups in total. The molecule has 1 unspecified atom stereocenters. The summed E-state index contributed by atoms with van der Waals surface area (Å²) in [5, 5.41) is 14.0. The maximum Gasteiger partial charge on any atom is 0.319 e. The molecule has 104 valence electrons. The van der Waals surface area contributed by atoms with E-state index in [2.05, 4.69) is 26.6 Å². The van der Waals surface area contributed by atoms with E-state index in [1.54, 1.807) is 6.92 Å². The van der Waals surface area contributed by atoms with Crippen LogP contribution < -0.4 is 10.6 Å². The van der Waals surface area contributed by atoms with Gasteiger partial charge in [-0.3, -0.25) is 4.79 Å². The topological polar surface area (TPSA) is 78.4 Å². The molecule has 1 rings (SSSR count). The number of aryl methyl sites for hydroxylation is 2. The zero-order valence-electron chi connectivity index (χ0n) is 11.1. The Kier molecular flexibility index (Phi) is 5.35. The van der Waals surface area contributed by atoms with Crippen molar-refractivity contribution in [3.8, 4) is 0 Å². The van der Waals surface area contributed by atoms with Crippen LogP contribution in [0.15, 0.2) is 16.6 Å². The normalized spacial score (nSPS) is 11.8. The molecule has 0 aliphatic heterocycles. The first-order valence-electron chi connectivity index (χ1n) is 5.85. The summed E-state index contributed by atoms with van der Waals surface area (Å²) in [6.07, 6.45) is 0. The van der Waals surface area contributed by atoms with E-state index >= 15 is 0 Å². The van der Waals surface area contributed by atoms with Crippen molar-refractivity contribution in [3.05, 3.63) is 27.7 Å². The van der Waals surface area contributed by atoms with Gasteiger partial charge in [0.05, 0.1) is 5.92 Å². The zero-order valence-corrected chi connectivity index (χ0v) is 12.7. The number of carboxylic acid groups (broad SMARTS) is 1. The van der Waals surface area contributed by atoms with Gasteiger partial charge in [-0.1, -0.05) is 22.9 Å². The van der Waals surface area contributed by atoms with E-state index in [1.165, 1.54) is 0 Å². The van der Waals surface area contributed by atoms with Crippen molar-refractivity contribution in [2.75, 3.05) is 11.9 Å². The summed E-state index contributed by atoms with van der Waals surface area (Å²) in [4.78, 5) is 22.3. The maximum absolute atomic E-state index is 11.7. The summed E-state index contributed by atoms with van der Waals surface area (Å²) in [5.74, 6) is -1.55. The average Bonchev–Trinajstić information content (AvgIpc) is 2.30. The van der Waals surface area contributed by atoms with Crippen molar-refractivity contribution >= 4 is 33.6 Å². The average molecular weight is 329 g/mol. The number of carbonyl (C=O) groups excluding carboxylic acids is 1. The lowest BCUT2D eigenvalue weighted by atomic mass is 10.1. The van der Waals surface area contributed by atoms with Gasteiger partial charge >= 0.3 is 12.0 Å². The van der Waals surface area contributed by atoms with Gasteiger partial charge in [-0.25, -0.2) is 4.79 Å². The Labute approximate surface area is 120 Å². The molecule has 0 bridgehead atoms.